The molecule has 2 heterocycles. The number of ether oxygens (including phenoxy) is 1. The SMILES string of the molecule is O=C1CCN([C@@H]2O[C@H](COP(=O)([O-])OP(=O)([O-])[O-])[C@@H](O)[C@H]2O)C(=O)N1.[Na].[Na].[Na]. The molecule has 3 radical (unpaired) electrons. The van der Waals surface area contributed by atoms with E-state index in [0.29, 0.717) is 0 Å². The first kappa shape index (κ1) is 32.3. The monoisotopic (exact) mass is 472 g/mol. The van der Waals surface area contributed by atoms with E-state index < -0.39 is 58.7 Å². The maximum atomic E-state index is 11.7. The molecular formula is C9H13N2Na3O12P2-3. The van der Waals surface area contributed by atoms with Gasteiger partial charge in [0.25, 0.3) is 7.82 Å². The van der Waals surface area contributed by atoms with Gasteiger partial charge in [0.05, 0.1) is 14.4 Å². The first-order chi connectivity index (χ1) is 11.4. The van der Waals surface area contributed by atoms with Gasteiger partial charge in [0.15, 0.2) is 6.23 Å². The van der Waals surface area contributed by atoms with Crippen molar-refractivity contribution in [2.45, 2.75) is 31.0 Å². The molecule has 0 aliphatic carbocycles. The van der Waals surface area contributed by atoms with Gasteiger partial charge in [-0.3, -0.25) is 23.9 Å². The van der Waals surface area contributed by atoms with E-state index in [1.807, 2.05) is 5.32 Å². The summed E-state index contributed by atoms with van der Waals surface area (Å²) >= 11 is 0. The predicted molar refractivity (Wildman–Crippen MR) is 85.0 cm³/mol. The van der Waals surface area contributed by atoms with E-state index in [4.69, 9.17) is 4.74 Å². The minimum atomic E-state index is -5.87. The molecule has 147 valence electrons. The number of hydrogen-bond acceptors (Lipinski definition) is 12. The first-order valence-corrected chi connectivity index (χ1v) is 9.63. The molecule has 0 spiro atoms. The van der Waals surface area contributed by atoms with Crippen molar-refractivity contribution >= 4 is 116 Å². The van der Waals surface area contributed by atoms with E-state index >= 15 is 0 Å². The number of amides is 3. The van der Waals surface area contributed by atoms with Crippen molar-refractivity contribution in [2.75, 3.05) is 13.2 Å². The number of carbonyl (C=O) groups excluding carboxylic acids is 2. The molecule has 0 aromatic rings. The van der Waals surface area contributed by atoms with E-state index in [1.54, 1.807) is 0 Å². The molecule has 19 heteroatoms. The number of aliphatic hydroxyl groups is 2. The molecule has 2 saturated heterocycles. The number of phosphoric acid groups is 2. The normalized spacial score (nSPS) is 29.7. The minimum Gasteiger partial charge on any atom is -0.790 e. The van der Waals surface area contributed by atoms with Gasteiger partial charge in [-0.25, -0.2) is 4.79 Å². The fourth-order valence-corrected chi connectivity index (χ4v) is 3.75. The summed E-state index contributed by atoms with van der Waals surface area (Å²) in [6, 6.07) is -0.884. The summed E-state index contributed by atoms with van der Waals surface area (Å²) in [7, 11) is -11.4. The van der Waals surface area contributed by atoms with Crippen LogP contribution in [0.1, 0.15) is 6.42 Å². The molecule has 2 fully saturated rings. The Balaban J connectivity index is 0. The molecular weight excluding hydrogens is 459 g/mol. The summed E-state index contributed by atoms with van der Waals surface area (Å²) in [5, 5.41) is 21.7. The Hall–Kier alpha value is 2.08. The van der Waals surface area contributed by atoms with Gasteiger partial charge in [0, 0.05) is 102 Å². The second-order valence-corrected chi connectivity index (χ2v) is 7.82. The van der Waals surface area contributed by atoms with Gasteiger partial charge in [-0.2, -0.15) is 0 Å². The van der Waals surface area contributed by atoms with Gasteiger partial charge in [0.2, 0.25) is 5.91 Å². The third-order valence-electron chi connectivity index (χ3n) is 3.33. The van der Waals surface area contributed by atoms with Crippen LogP contribution in [0.2, 0.25) is 0 Å². The number of aliphatic hydroxyl groups excluding tert-OH is 2. The zero-order valence-corrected chi connectivity index (χ0v) is 23.0. The number of phosphoric ester groups is 1. The fraction of sp³-hybridized carbons (Fsp3) is 0.778. The molecule has 5 atom stereocenters. The van der Waals surface area contributed by atoms with Crippen molar-refractivity contribution in [3.8, 4) is 0 Å². The van der Waals surface area contributed by atoms with Crippen LogP contribution in [0.4, 0.5) is 4.79 Å². The van der Waals surface area contributed by atoms with E-state index in [1.165, 1.54) is 0 Å². The zero-order valence-electron chi connectivity index (χ0n) is 15.2. The van der Waals surface area contributed by atoms with Gasteiger partial charge in [-0.15, -0.1) is 0 Å². The topological polar surface area (TPSA) is 221 Å². The molecule has 28 heavy (non-hydrogen) atoms. The molecule has 0 aromatic heterocycles. The Labute approximate surface area is 225 Å². The molecule has 3 amide bonds. The maximum Gasteiger partial charge on any atom is 0.326 e. The Morgan fingerprint density at radius 2 is 1.71 bits per heavy atom. The van der Waals surface area contributed by atoms with Crippen molar-refractivity contribution in [1.29, 1.82) is 0 Å². The smallest absolute Gasteiger partial charge is 0.326 e. The Bertz CT molecular complexity index is 650. The Morgan fingerprint density at radius 1 is 1.14 bits per heavy atom. The summed E-state index contributed by atoms with van der Waals surface area (Å²) in [6.45, 7) is -1.12. The molecule has 0 saturated carbocycles. The fourth-order valence-electron chi connectivity index (χ4n) is 2.26. The predicted octanol–water partition coefficient (Wildman–Crippen LogP) is -5.44. The summed E-state index contributed by atoms with van der Waals surface area (Å²) in [5.41, 5.74) is 0. The minimum absolute atomic E-state index is 0. The van der Waals surface area contributed by atoms with E-state index in [-0.39, 0.29) is 102 Å². The second kappa shape index (κ2) is 12.9. The number of nitrogens with zero attached hydrogens (tertiary/aromatic N) is 1. The summed E-state index contributed by atoms with van der Waals surface area (Å²) in [6.07, 6.45) is -6.35. The molecule has 3 N–H and O–H groups in total. The Kier molecular flexibility index (Phi) is 14.9. The van der Waals surface area contributed by atoms with Crippen LogP contribution in [0.25, 0.3) is 0 Å². The number of rotatable bonds is 6. The van der Waals surface area contributed by atoms with Crippen LogP contribution in [0.3, 0.4) is 0 Å². The van der Waals surface area contributed by atoms with Crippen molar-refractivity contribution in [3.63, 3.8) is 0 Å². The second-order valence-electron chi connectivity index (χ2n) is 5.11. The first-order valence-electron chi connectivity index (χ1n) is 6.71. The number of urea groups is 1. The standard InChI is InChI=1S/C9H16N2O12P2.3Na/c12-5-1-2-11(9(15)10-5)8-7(14)6(13)4(22-8)3-21-25(19,20)23-24(16,17)18;;;/h4,6-8,13-14H,1-3H2,(H,19,20)(H,10,12,15)(H2,16,17,18);;;/p-3/t4-,6-,7-,8-;;;/m1.../s1. The molecule has 2 aliphatic rings. The number of nitrogens with one attached hydrogen (secondary N) is 1. The third-order valence-corrected chi connectivity index (χ3v) is 5.39. The molecule has 0 aromatic carbocycles. The van der Waals surface area contributed by atoms with Crippen LogP contribution in [0.15, 0.2) is 0 Å². The van der Waals surface area contributed by atoms with Gasteiger partial charge in [-0.1, -0.05) is 0 Å². The molecule has 2 aliphatic heterocycles. The zero-order chi connectivity index (χ0) is 19.0. The van der Waals surface area contributed by atoms with E-state index in [2.05, 4.69) is 8.83 Å². The van der Waals surface area contributed by atoms with Crippen molar-refractivity contribution in [1.82, 2.24) is 10.2 Å². The quantitative estimate of drug-likeness (QED) is 0.244. The Morgan fingerprint density at radius 3 is 2.21 bits per heavy atom. The van der Waals surface area contributed by atoms with Crippen LogP contribution in [-0.4, -0.2) is 153 Å². The van der Waals surface area contributed by atoms with Gasteiger partial charge >= 0.3 is 6.03 Å². The molecule has 2 rings (SSSR count). The van der Waals surface area contributed by atoms with Crippen molar-refractivity contribution in [3.05, 3.63) is 0 Å². The molecule has 14 nitrogen and oxygen atoms in total. The number of hydrogen-bond donors (Lipinski definition) is 3. The van der Waals surface area contributed by atoms with Crippen LogP contribution in [-0.2, 0) is 27.5 Å². The third kappa shape index (κ3) is 9.29. The average molecular weight is 472 g/mol. The van der Waals surface area contributed by atoms with Crippen LogP contribution in [0, 0.1) is 0 Å². The average Bonchev–Trinajstić information content (AvgIpc) is 2.71. The van der Waals surface area contributed by atoms with Crippen LogP contribution in [0.5, 0.6) is 0 Å². The number of imide groups is 1. The van der Waals surface area contributed by atoms with E-state index in [0.717, 1.165) is 4.90 Å². The van der Waals surface area contributed by atoms with E-state index in [9.17, 15) is 43.6 Å². The molecule has 1 unspecified atom stereocenters. The summed E-state index contributed by atoms with van der Waals surface area (Å²) in [4.78, 5) is 55.4. The van der Waals surface area contributed by atoms with Crippen LogP contribution >= 0.6 is 15.6 Å². The van der Waals surface area contributed by atoms with Gasteiger partial charge in [-0.05, 0) is 0 Å². The summed E-state index contributed by atoms with van der Waals surface area (Å²) in [5.74, 6) is -0.543. The van der Waals surface area contributed by atoms with Crippen LogP contribution < -0.4 is 20.0 Å². The van der Waals surface area contributed by atoms with Gasteiger partial charge in [0.1, 0.15) is 18.3 Å². The number of carbonyl (C=O) groups is 2. The van der Waals surface area contributed by atoms with Gasteiger partial charge < -0.3 is 38.7 Å². The maximum absolute atomic E-state index is 11.7. The molecule has 0 bridgehead atoms. The largest absolute Gasteiger partial charge is 0.790 e. The van der Waals surface area contributed by atoms with Crippen molar-refractivity contribution in [2.24, 2.45) is 0 Å². The van der Waals surface area contributed by atoms with Crippen molar-refractivity contribution < 1.29 is 57.2 Å². The summed E-state index contributed by atoms with van der Waals surface area (Å²) < 4.78 is 33.9.